The Morgan fingerprint density at radius 3 is 2.82 bits per heavy atom. The maximum atomic E-state index is 9.52. The summed E-state index contributed by atoms with van der Waals surface area (Å²) in [7, 11) is 0. The van der Waals surface area contributed by atoms with Crippen LogP contribution < -0.4 is 5.73 Å². The maximum absolute atomic E-state index is 9.52. The topological polar surface area (TPSA) is 46.2 Å². The first-order valence-corrected chi connectivity index (χ1v) is 5.49. The lowest BCUT2D eigenvalue weighted by atomic mass is 10.0. The molecule has 3 atom stereocenters. The van der Waals surface area contributed by atoms with Crippen LogP contribution in [-0.2, 0) is 0 Å². The van der Waals surface area contributed by atoms with E-state index in [9.17, 15) is 5.11 Å². The molecule has 0 heterocycles. The van der Waals surface area contributed by atoms with Crippen LogP contribution in [0.3, 0.4) is 0 Å². The van der Waals surface area contributed by atoms with E-state index in [0.717, 1.165) is 25.8 Å². The molecular formula is C8H17NOS. The lowest BCUT2D eigenvalue weighted by molar-refractivity contribution is 0.183. The first kappa shape index (κ1) is 9.36. The zero-order chi connectivity index (χ0) is 8.27. The highest BCUT2D eigenvalue weighted by atomic mass is 32.2. The average molecular weight is 175 g/mol. The fraction of sp³-hybridized carbons (Fsp3) is 1.00. The fourth-order valence-electron chi connectivity index (χ4n) is 1.90. The Hall–Kier alpha value is 0.270. The van der Waals surface area contributed by atoms with Gasteiger partial charge in [0, 0.05) is 5.25 Å². The van der Waals surface area contributed by atoms with Gasteiger partial charge in [0.1, 0.15) is 0 Å². The van der Waals surface area contributed by atoms with Gasteiger partial charge in [0.05, 0.1) is 6.10 Å². The molecule has 1 rings (SSSR count). The van der Waals surface area contributed by atoms with Crippen LogP contribution in [0.1, 0.15) is 19.3 Å². The highest BCUT2D eigenvalue weighted by molar-refractivity contribution is 7.99. The van der Waals surface area contributed by atoms with Crippen molar-refractivity contribution in [2.75, 3.05) is 12.8 Å². The van der Waals surface area contributed by atoms with Crippen LogP contribution in [-0.4, -0.2) is 29.3 Å². The normalized spacial score (nSPS) is 37.9. The predicted octanol–water partition coefficient (Wildman–Crippen LogP) is 0.838. The Balaban J connectivity index is 2.40. The zero-order valence-corrected chi connectivity index (χ0v) is 7.81. The number of hydrogen-bond donors (Lipinski definition) is 2. The van der Waals surface area contributed by atoms with E-state index in [4.69, 9.17) is 5.73 Å². The van der Waals surface area contributed by atoms with Gasteiger partial charge in [0.25, 0.3) is 0 Å². The molecule has 3 N–H and O–H groups in total. The molecule has 0 radical (unpaired) electrons. The Kier molecular flexibility index (Phi) is 3.69. The van der Waals surface area contributed by atoms with Gasteiger partial charge in [-0.1, -0.05) is 0 Å². The summed E-state index contributed by atoms with van der Waals surface area (Å²) in [5.41, 5.74) is 5.48. The van der Waals surface area contributed by atoms with Crippen molar-refractivity contribution in [3.05, 3.63) is 0 Å². The highest BCUT2D eigenvalue weighted by Gasteiger charge is 2.33. The third-order valence-electron chi connectivity index (χ3n) is 2.49. The summed E-state index contributed by atoms with van der Waals surface area (Å²) in [5.74, 6) is 0.657. The standard InChI is InChI=1S/C8H17NOS/c1-11-8-6(4-5-9)2-3-7(8)10/h6-8,10H,2-5,9H2,1H3/t6-,7-,8-/m1/s1. The molecule has 0 amide bonds. The lowest BCUT2D eigenvalue weighted by Gasteiger charge is -2.18. The van der Waals surface area contributed by atoms with E-state index < -0.39 is 0 Å². The third-order valence-corrected chi connectivity index (χ3v) is 3.73. The van der Waals surface area contributed by atoms with Gasteiger partial charge in [0.2, 0.25) is 0 Å². The van der Waals surface area contributed by atoms with E-state index in [-0.39, 0.29) is 6.10 Å². The molecule has 1 aliphatic carbocycles. The van der Waals surface area contributed by atoms with E-state index in [2.05, 4.69) is 6.26 Å². The molecule has 1 fully saturated rings. The predicted molar refractivity (Wildman–Crippen MR) is 49.7 cm³/mol. The first-order chi connectivity index (χ1) is 5.29. The van der Waals surface area contributed by atoms with Crippen LogP contribution in [0.15, 0.2) is 0 Å². The lowest BCUT2D eigenvalue weighted by Crippen LogP contribution is -2.23. The van der Waals surface area contributed by atoms with Crippen molar-refractivity contribution >= 4 is 11.8 Å². The number of thioether (sulfide) groups is 1. The smallest absolute Gasteiger partial charge is 0.0661 e. The maximum Gasteiger partial charge on any atom is 0.0661 e. The summed E-state index contributed by atoms with van der Waals surface area (Å²) in [6.45, 7) is 0.758. The monoisotopic (exact) mass is 175 g/mol. The molecular weight excluding hydrogens is 158 g/mol. The number of hydrogen-bond acceptors (Lipinski definition) is 3. The van der Waals surface area contributed by atoms with Crippen LogP contribution in [0.25, 0.3) is 0 Å². The van der Waals surface area contributed by atoms with Crippen molar-refractivity contribution in [1.29, 1.82) is 0 Å². The van der Waals surface area contributed by atoms with Gasteiger partial charge in [-0.25, -0.2) is 0 Å². The molecule has 0 aromatic heterocycles. The van der Waals surface area contributed by atoms with Crippen molar-refractivity contribution < 1.29 is 5.11 Å². The molecule has 1 saturated carbocycles. The van der Waals surface area contributed by atoms with E-state index in [0.29, 0.717) is 11.2 Å². The Morgan fingerprint density at radius 1 is 1.55 bits per heavy atom. The summed E-state index contributed by atoms with van der Waals surface area (Å²) in [6.07, 6.45) is 5.19. The van der Waals surface area contributed by atoms with Crippen LogP contribution in [0.4, 0.5) is 0 Å². The van der Waals surface area contributed by atoms with Crippen LogP contribution >= 0.6 is 11.8 Å². The Bertz CT molecular complexity index is 119. The minimum absolute atomic E-state index is 0.0819. The van der Waals surface area contributed by atoms with Crippen LogP contribution in [0, 0.1) is 5.92 Å². The quantitative estimate of drug-likeness (QED) is 0.668. The molecule has 0 aliphatic heterocycles. The molecule has 0 saturated heterocycles. The summed E-state index contributed by atoms with van der Waals surface area (Å²) in [5, 5.41) is 9.97. The van der Waals surface area contributed by atoms with Crippen molar-refractivity contribution in [2.24, 2.45) is 11.7 Å². The Labute approximate surface area is 72.5 Å². The highest BCUT2D eigenvalue weighted by Crippen LogP contribution is 2.35. The fourth-order valence-corrected chi connectivity index (χ4v) is 3.01. The minimum Gasteiger partial charge on any atom is -0.392 e. The Morgan fingerprint density at radius 2 is 2.27 bits per heavy atom. The van der Waals surface area contributed by atoms with Crippen LogP contribution in [0.2, 0.25) is 0 Å². The van der Waals surface area contributed by atoms with Gasteiger partial charge < -0.3 is 10.8 Å². The third kappa shape index (κ3) is 2.10. The SMILES string of the molecule is CS[C@@H]1[C@@H](CCN)CC[C@H]1O. The molecule has 2 nitrogen and oxygen atoms in total. The van der Waals surface area contributed by atoms with Crippen LogP contribution in [0.5, 0.6) is 0 Å². The molecule has 1 aliphatic rings. The second-order valence-corrected chi connectivity index (χ2v) is 4.20. The van der Waals surface area contributed by atoms with Crippen molar-refractivity contribution in [2.45, 2.75) is 30.6 Å². The number of aliphatic hydroxyl groups is 1. The summed E-state index contributed by atoms with van der Waals surface area (Å²) >= 11 is 1.78. The van der Waals surface area contributed by atoms with Gasteiger partial charge in [-0.3, -0.25) is 0 Å². The zero-order valence-electron chi connectivity index (χ0n) is 6.99. The first-order valence-electron chi connectivity index (χ1n) is 4.20. The van der Waals surface area contributed by atoms with E-state index in [1.165, 1.54) is 0 Å². The second kappa shape index (κ2) is 4.33. The molecule has 0 aromatic carbocycles. The summed E-state index contributed by atoms with van der Waals surface area (Å²) in [4.78, 5) is 0. The van der Waals surface area contributed by atoms with E-state index in [1.807, 2.05) is 0 Å². The van der Waals surface area contributed by atoms with Gasteiger partial charge in [0.15, 0.2) is 0 Å². The van der Waals surface area contributed by atoms with Gasteiger partial charge in [-0.05, 0) is 38.0 Å². The van der Waals surface area contributed by atoms with E-state index >= 15 is 0 Å². The molecule has 3 heteroatoms. The molecule has 0 spiro atoms. The molecule has 0 bridgehead atoms. The summed E-state index contributed by atoms with van der Waals surface area (Å²) in [6, 6.07) is 0. The van der Waals surface area contributed by atoms with Gasteiger partial charge in [-0.2, -0.15) is 11.8 Å². The van der Waals surface area contributed by atoms with Crippen molar-refractivity contribution in [3.8, 4) is 0 Å². The molecule has 66 valence electrons. The molecule has 0 unspecified atom stereocenters. The second-order valence-electron chi connectivity index (χ2n) is 3.18. The minimum atomic E-state index is -0.0819. The molecule has 0 aromatic rings. The summed E-state index contributed by atoms with van der Waals surface area (Å²) < 4.78 is 0. The number of aliphatic hydroxyl groups excluding tert-OH is 1. The number of nitrogens with two attached hydrogens (primary N) is 1. The van der Waals surface area contributed by atoms with Gasteiger partial charge in [-0.15, -0.1) is 0 Å². The largest absolute Gasteiger partial charge is 0.392 e. The van der Waals surface area contributed by atoms with E-state index in [1.54, 1.807) is 11.8 Å². The van der Waals surface area contributed by atoms with Gasteiger partial charge >= 0.3 is 0 Å². The molecule has 11 heavy (non-hydrogen) atoms. The van der Waals surface area contributed by atoms with Crippen molar-refractivity contribution in [1.82, 2.24) is 0 Å². The number of rotatable bonds is 3. The average Bonchev–Trinajstić information content (AvgIpc) is 2.33. The van der Waals surface area contributed by atoms with Crippen molar-refractivity contribution in [3.63, 3.8) is 0 Å².